The van der Waals surface area contributed by atoms with E-state index in [1.807, 2.05) is 53.2 Å². The molecule has 8 nitrogen and oxygen atoms in total. The highest BCUT2D eigenvalue weighted by atomic mass is 16.5. The molecule has 0 saturated carbocycles. The second-order valence-electron chi connectivity index (χ2n) is 7.23. The number of ether oxygens (including phenoxy) is 1. The van der Waals surface area contributed by atoms with E-state index in [1.165, 1.54) is 0 Å². The number of benzene rings is 1. The second-order valence-corrected chi connectivity index (χ2v) is 7.23. The summed E-state index contributed by atoms with van der Waals surface area (Å²) in [5, 5.41) is 8.29. The number of morpholine rings is 1. The van der Waals surface area contributed by atoms with Crippen LogP contribution in [-0.2, 0) is 11.3 Å². The Labute approximate surface area is 180 Å². The smallest absolute Gasteiger partial charge is 0.134 e. The van der Waals surface area contributed by atoms with Crippen LogP contribution < -0.4 is 10.2 Å². The molecule has 5 rings (SSSR count). The molecular formula is C23H23N7O. The highest BCUT2D eigenvalue weighted by molar-refractivity contribution is 5.63. The molecule has 1 aliphatic rings. The van der Waals surface area contributed by atoms with Crippen LogP contribution in [0.2, 0.25) is 0 Å². The Balaban J connectivity index is 1.40. The zero-order valence-corrected chi connectivity index (χ0v) is 17.1. The Bertz CT molecular complexity index is 1130. The van der Waals surface area contributed by atoms with Crippen LogP contribution in [0.25, 0.3) is 16.9 Å². The van der Waals surface area contributed by atoms with Gasteiger partial charge in [0, 0.05) is 55.4 Å². The van der Waals surface area contributed by atoms with Crippen molar-refractivity contribution in [1.29, 1.82) is 0 Å². The van der Waals surface area contributed by atoms with Crippen LogP contribution >= 0.6 is 0 Å². The summed E-state index contributed by atoms with van der Waals surface area (Å²) in [5.74, 6) is 1.69. The van der Waals surface area contributed by atoms with E-state index in [0.29, 0.717) is 6.54 Å². The van der Waals surface area contributed by atoms with Gasteiger partial charge in [0.2, 0.25) is 0 Å². The minimum absolute atomic E-state index is 0.587. The van der Waals surface area contributed by atoms with Gasteiger partial charge in [0.15, 0.2) is 0 Å². The number of hydrogen-bond acceptors (Lipinski definition) is 7. The number of rotatable bonds is 6. The lowest BCUT2D eigenvalue weighted by atomic mass is 10.1. The summed E-state index contributed by atoms with van der Waals surface area (Å²) < 4.78 is 7.35. The van der Waals surface area contributed by atoms with E-state index in [1.54, 1.807) is 18.7 Å². The number of pyridine rings is 1. The van der Waals surface area contributed by atoms with Crippen LogP contribution in [-0.4, -0.2) is 51.0 Å². The molecule has 1 aliphatic heterocycles. The molecule has 156 valence electrons. The van der Waals surface area contributed by atoms with Crippen molar-refractivity contribution in [2.24, 2.45) is 0 Å². The van der Waals surface area contributed by atoms with Crippen molar-refractivity contribution in [3.05, 3.63) is 79.0 Å². The molecule has 0 unspecified atom stereocenters. The van der Waals surface area contributed by atoms with Gasteiger partial charge < -0.3 is 15.0 Å². The number of hydrogen-bond donors (Lipinski definition) is 1. The third-order valence-electron chi connectivity index (χ3n) is 5.21. The third kappa shape index (κ3) is 4.39. The molecule has 1 fully saturated rings. The number of para-hydroxylation sites is 1. The molecule has 0 bridgehead atoms. The van der Waals surface area contributed by atoms with Gasteiger partial charge in [-0.2, -0.15) is 5.10 Å². The lowest BCUT2D eigenvalue weighted by molar-refractivity contribution is 0.122. The zero-order chi connectivity index (χ0) is 20.9. The molecule has 1 saturated heterocycles. The molecule has 4 heterocycles. The molecule has 0 spiro atoms. The van der Waals surface area contributed by atoms with Crippen LogP contribution in [0.1, 0.15) is 5.56 Å². The van der Waals surface area contributed by atoms with Gasteiger partial charge in [-0.1, -0.05) is 18.2 Å². The predicted octanol–water partition coefficient (Wildman–Crippen LogP) is 3.17. The third-order valence-corrected chi connectivity index (χ3v) is 5.21. The molecule has 4 aromatic rings. The first-order chi connectivity index (χ1) is 15.4. The van der Waals surface area contributed by atoms with Crippen molar-refractivity contribution < 1.29 is 4.74 Å². The zero-order valence-electron chi connectivity index (χ0n) is 17.1. The maximum atomic E-state index is 5.44. The van der Waals surface area contributed by atoms with Crippen LogP contribution in [0.15, 0.2) is 73.4 Å². The van der Waals surface area contributed by atoms with Gasteiger partial charge in [0.05, 0.1) is 24.6 Å². The first kappa shape index (κ1) is 19.2. The monoisotopic (exact) mass is 413 g/mol. The summed E-state index contributed by atoms with van der Waals surface area (Å²) in [6.07, 6.45) is 7.23. The topological polar surface area (TPSA) is 81.0 Å². The quantitative estimate of drug-likeness (QED) is 0.520. The molecule has 31 heavy (non-hydrogen) atoms. The first-order valence-corrected chi connectivity index (χ1v) is 10.3. The van der Waals surface area contributed by atoms with Gasteiger partial charge in [-0.25, -0.2) is 14.6 Å². The van der Waals surface area contributed by atoms with E-state index < -0.39 is 0 Å². The minimum atomic E-state index is 0.587. The lowest BCUT2D eigenvalue weighted by Gasteiger charge is -2.27. The summed E-state index contributed by atoms with van der Waals surface area (Å²) in [5.41, 5.74) is 4.03. The van der Waals surface area contributed by atoms with E-state index in [4.69, 9.17) is 9.84 Å². The number of anilines is 2. The van der Waals surface area contributed by atoms with Crippen molar-refractivity contribution in [1.82, 2.24) is 24.7 Å². The van der Waals surface area contributed by atoms with Gasteiger partial charge in [0.1, 0.15) is 18.0 Å². The van der Waals surface area contributed by atoms with Crippen molar-refractivity contribution >= 4 is 11.6 Å². The standard InChI is InChI=1S/C23H23N7O/c1-2-4-20(5-3-1)30-16-19(23(28-30)18-6-8-24-9-7-18)15-25-21-14-22(27-17-26-21)29-10-12-31-13-11-29/h1-9,14,16-17H,10-13,15H2,(H,25,26,27). The summed E-state index contributed by atoms with van der Waals surface area (Å²) in [6.45, 7) is 3.71. The van der Waals surface area contributed by atoms with Crippen LogP contribution in [0.3, 0.4) is 0 Å². The maximum absolute atomic E-state index is 5.44. The van der Waals surface area contributed by atoms with Crippen LogP contribution in [0.4, 0.5) is 11.6 Å². The summed E-state index contributed by atoms with van der Waals surface area (Å²) in [7, 11) is 0. The Kier molecular flexibility index (Phi) is 5.53. The van der Waals surface area contributed by atoms with E-state index in [0.717, 1.165) is 60.4 Å². The molecular weight excluding hydrogens is 390 g/mol. The van der Waals surface area contributed by atoms with E-state index in [-0.39, 0.29) is 0 Å². The number of nitrogens with zero attached hydrogens (tertiary/aromatic N) is 6. The van der Waals surface area contributed by atoms with Crippen molar-refractivity contribution in [3.8, 4) is 16.9 Å². The summed E-state index contributed by atoms with van der Waals surface area (Å²) in [4.78, 5) is 15.2. The van der Waals surface area contributed by atoms with Crippen LogP contribution in [0.5, 0.6) is 0 Å². The Morgan fingerprint density at radius 2 is 1.77 bits per heavy atom. The normalized spacial score (nSPS) is 13.9. The van der Waals surface area contributed by atoms with Crippen molar-refractivity contribution in [2.45, 2.75) is 6.54 Å². The molecule has 0 atom stereocenters. The van der Waals surface area contributed by atoms with Gasteiger partial charge in [-0.05, 0) is 24.3 Å². The van der Waals surface area contributed by atoms with Gasteiger partial charge in [0.25, 0.3) is 0 Å². The van der Waals surface area contributed by atoms with Gasteiger partial charge in [-0.15, -0.1) is 0 Å². The molecule has 8 heteroatoms. The summed E-state index contributed by atoms with van der Waals surface area (Å²) >= 11 is 0. The average Bonchev–Trinajstić information content (AvgIpc) is 3.29. The number of aromatic nitrogens is 5. The predicted molar refractivity (Wildman–Crippen MR) is 119 cm³/mol. The first-order valence-electron chi connectivity index (χ1n) is 10.3. The largest absolute Gasteiger partial charge is 0.378 e. The van der Waals surface area contributed by atoms with E-state index in [9.17, 15) is 0 Å². The fourth-order valence-corrected chi connectivity index (χ4v) is 3.60. The van der Waals surface area contributed by atoms with Gasteiger partial charge >= 0.3 is 0 Å². The van der Waals surface area contributed by atoms with Crippen molar-refractivity contribution in [3.63, 3.8) is 0 Å². The lowest BCUT2D eigenvalue weighted by Crippen LogP contribution is -2.36. The Morgan fingerprint density at radius 1 is 0.968 bits per heavy atom. The molecule has 0 amide bonds. The molecule has 1 aromatic carbocycles. The fourth-order valence-electron chi connectivity index (χ4n) is 3.60. The molecule has 0 radical (unpaired) electrons. The van der Waals surface area contributed by atoms with Gasteiger partial charge in [-0.3, -0.25) is 4.98 Å². The molecule has 3 aromatic heterocycles. The Morgan fingerprint density at radius 3 is 2.58 bits per heavy atom. The minimum Gasteiger partial charge on any atom is -0.378 e. The van der Waals surface area contributed by atoms with E-state index in [2.05, 4.69) is 31.4 Å². The van der Waals surface area contributed by atoms with E-state index >= 15 is 0 Å². The summed E-state index contributed by atoms with van der Waals surface area (Å²) in [6, 6.07) is 16.0. The molecule has 1 N–H and O–H groups in total. The fraction of sp³-hybridized carbons (Fsp3) is 0.217. The highest BCUT2D eigenvalue weighted by Gasteiger charge is 2.15. The van der Waals surface area contributed by atoms with Crippen LogP contribution in [0, 0.1) is 0 Å². The number of nitrogens with one attached hydrogen (secondary N) is 1. The second kappa shape index (κ2) is 8.93. The average molecular weight is 413 g/mol. The Hall–Kier alpha value is -3.78. The SMILES string of the molecule is c1ccc(-n2cc(CNc3cc(N4CCOCC4)ncn3)c(-c3ccncc3)n2)cc1. The maximum Gasteiger partial charge on any atom is 0.134 e. The molecule has 0 aliphatic carbocycles. The highest BCUT2D eigenvalue weighted by Crippen LogP contribution is 2.24. The van der Waals surface area contributed by atoms with Crippen molar-refractivity contribution in [2.75, 3.05) is 36.5 Å².